The molecule has 2 bridgehead atoms. The summed E-state index contributed by atoms with van der Waals surface area (Å²) in [5, 5.41) is 9.22. The average Bonchev–Trinajstić information content (AvgIpc) is 2.68. The summed E-state index contributed by atoms with van der Waals surface area (Å²) in [5.41, 5.74) is -0.845. The predicted molar refractivity (Wildman–Crippen MR) is 50.3 cm³/mol. The van der Waals surface area contributed by atoms with Crippen molar-refractivity contribution in [2.24, 2.45) is 5.92 Å². The van der Waals surface area contributed by atoms with E-state index in [1.165, 1.54) is 14.2 Å². The van der Waals surface area contributed by atoms with Crippen LogP contribution in [-0.2, 0) is 19.0 Å². The van der Waals surface area contributed by atoms with Crippen LogP contribution >= 0.6 is 0 Å². The van der Waals surface area contributed by atoms with Gasteiger partial charge in [-0.15, -0.1) is 0 Å². The van der Waals surface area contributed by atoms with Gasteiger partial charge in [0.2, 0.25) is 5.79 Å². The minimum Gasteiger partial charge on any atom is -0.481 e. The summed E-state index contributed by atoms with van der Waals surface area (Å²) in [7, 11) is 2.86. The maximum absolute atomic E-state index is 11.3. The number of hydrogen-bond donors (Lipinski definition) is 1. The van der Waals surface area contributed by atoms with E-state index in [1.807, 2.05) is 0 Å². The van der Waals surface area contributed by atoms with E-state index < -0.39 is 29.4 Å². The Morgan fingerprint density at radius 3 is 2.47 bits per heavy atom. The first-order chi connectivity index (χ1) is 7.00. The van der Waals surface area contributed by atoms with Gasteiger partial charge < -0.3 is 19.3 Å². The van der Waals surface area contributed by atoms with Crippen molar-refractivity contribution >= 4 is 5.97 Å². The SMILES string of the molecule is COC1(OC)[C@@H]2C=C[C@](C)(O2)[C@H]1C(=O)O. The molecule has 2 heterocycles. The zero-order chi connectivity index (χ0) is 11.3. The molecule has 3 atom stereocenters. The summed E-state index contributed by atoms with van der Waals surface area (Å²) in [6, 6.07) is 0. The Bertz CT molecular complexity index is 320. The molecule has 84 valence electrons. The molecular formula is C10H14O5. The summed E-state index contributed by atoms with van der Waals surface area (Å²) in [6.07, 6.45) is 3.08. The minimum atomic E-state index is -1.21. The summed E-state index contributed by atoms with van der Waals surface area (Å²) >= 11 is 0. The van der Waals surface area contributed by atoms with Gasteiger partial charge in [-0.1, -0.05) is 12.2 Å². The van der Waals surface area contributed by atoms with Crippen LogP contribution in [0.25, 0.3) is 0 Å². The highest BCUT2D eigenvalue weighted by molar-refractivity contribution is 5.75. The smallest absolute Gasteiger partial charge is 0.315 e. The summed E-state index contributed by atoms with van der Waals surface area (Å²) in [4.78, 5) is 11.3. The Morgan fingerprint density at radius 1 is 1.47 bits per heavy atom. The molecule has 2 rings (SSSR count). The molecule has 0 amide bonds. The van der Waals surface area contributed by atoms with Crippen LogP contribution in [0.3, 0.4) is 0 Å². The highest BCUT2D eigenvalue weighted by atomic mass is 16.7. The fourth-order valence-electron chi connectivity index (χ4n) is 2.54. The van der Waals surface area contributed by atoms with E-state index in [9.17, 15) is 9.90 Å². The van der Waals surface area contributed by atoms with Gasteiger partial charge in [0, 0.05) is 14.2 Å². The molecular weight excluding hydrogens is 200 g/mol. The Morgan fingerprint density at radius 2 is 2.07 bits per heavy atom. The predicted octanol–water partition coefficient (Wildman–Crippen LogP) is 0.404. The van der Waals surface area contributed by atoms with Gasteiger partial charge in [0.05, 0.1) is 0 Å². The van der Waals surface area contributed by atoms with Gasteiger partial charge in [0.15, 0.2) is 0 Å². The van der Waals surface area contributed by atoms with E-state index in [0.29, 0.717) is 0 Å². The highest BCUT2D eigenvalue weighted by Crippen LogP contribution is 2.51. The molecule has 0 unspecified atom stereocenters. The van der Waals surface area contributed by atoms with Gasteiger partial charge in [-0.2, -0.15) is 0 Å². The summed E-state index contributed by atoms with van der Waals surface area (Å²) in [6.45, 7) is 1.72. The number of hydrogen-bond acceptors (Lipinski definition) is 4. The van der Waals surface area contributed by atoms with Crippen molar-refractivity contribution in [3.63, 3.8) is 0 Å². The molecule has 0 spiro atoms. The molecule has 0 aromatic carbocycles. The zero-order valence-corrected chi connectivity index (χ0v) is 8.89. The van der Waals surface area contributed by atoms with Crippen LogP contribution in [0.4, 0.5) is 0 Å². The number of carbonyl (C=O) groups is 1. The highest BCUT2D eigenvalue weighted by Gasteiger charge is 2.68. The Kier molecular flexibility index (Phi) is 2.15. The molecule has 0 saturated carbocycles. The Hall–Kier alpha value is -0.910. The number of aliphatic carboxylic acids is 1. The number of carboxylic acids is 1. The van der Waals surface area contributed by atoms with Crippen molar-refractivity contribution in [2.45, 2.75) is 24.4 Å². The molecule has 0 aromatic rings. The third-order valence-corrected chi connectivity index (χ3v) is 3.24. The van der Waals surface area contributed by atoms with Crippen LogP contribution < -0.4 is 0 Å². The van der Waals surface area contributed by atoms with Gasteiger partial charge >= 0.3 is 5.97 Å². The maximum Gasteiger partial charge on any atom is 0.315 e. The minimum absolute atomic E-state index is 0.460. The van der Waals surface area contributed by atoms with Gasteiger partial charge in [-0.25, -0.2) is 0 Å². The molecule has 1 saturated heterocycles. The van der Waals surface area contributed by atoms with Crippen LogP contribution in [0.15, 0.2) is 12.2 Å². The molecule has 0 aromatic heterocycles. The topological polar surface area (TPSA) is 65.0 Å². The first kappa shape index (κ1) is 10.6. The zero-order valence-electron chi connectivity index (χ0n) is 8.89. The molecule has 5 heteroatoms. The number of rotatable bonds is 3. The maximum atomic E-state index is 11.3. The van der Waals surface area contributed by atoms with Crippen LogP contribution in [0.1, 0.15) is 6.92 Å². The largest absolute Gasteiger partial charge is 0.481 e. The Balaban J connectivity index is 2.48. The fourth-order valence-corrected chi connectivity index (χ4v) is 2.54. The summed E-state index contributed by atoms with van der Waals surface area (Å²) in [5.74, 6) is -3.04. The number of fused-ring (bicyclic) bond motifs is 2. The standard InChI is InChI=1S/C10H14O5/c1-9-5-4-6(15-9)10(13-2,14-3)7(9)8(11)12/h4-7H,1-3H3,(H,11,12)/t6-,7+,9-/m0/s1. The van der Waals surface area contributed by atoms with E-state index in [2.05, 4.69) is 0 Å². The van der Waals surface area contributed by atoms with Crippen molar-refractivity contribution in [3.05, 3.63) is 12.2 Å². The molecule has 0 aliphatic carbocycles. The van der Waals surface area contributed by atoms with E-state index in [1.54, 1.807) is 19.1 Å². The third kappa shape index (κ3) is 1.11. The lowest BCUT2D eigenvalue weighted by molar-refractivity contribution is -0.243. The van der Waals surface area contributed by atoms with E-state index >= 15 is 0 Å². The average molecular weight is 214 g/mol. The van der Waals surface area contributed by atoms with E-state index in [-0.39, 0.29) is 0 Å². The van der Waals surface area contributed by atoms with E-state index in [0.717, 1.165) is 0 Å². The fraction of sp³-hybridized carbons (Fsp3) is 0.700. The second kappa shape index (κ2) is 3.04. The molecule has 2 aliphatic heterocycles. The molecule has 1 fully saturated rings. The lowest BCUT2D eigenvalue weighted by Crippen LogP contribution is -2.54. The molecule has 5 nitrogen and oxygen atoms in total. The number of carboxylic acid groups (broad SMARTS) is 1. The van der Waals surface area contributed by atoms with Crippen LogP contribution in [0.5, 0.6) is 0 Å². The van der Waals surface area contributed by atoms with Crippen molar-refractivity contribution in [1.82, 2.24) is 0 Å². The van der Waals surface area contributed by atoms with Gasteiger partial charge in [0.1, 0.15) is 17.6 Å². The van der Waals surface area contributed by atoms with Gasteiger partial charge in [-0.05, 0) is 6.92 Å². The van der Waals surface area contributed by atoms with Crippen LogP contribution in [-0.4, -0.2) is 42.8 Å². The second-order valence-electron chi connectivity index (χ2n) is 3.98. The molecule has 1 N–H and O–H groups in total. The van der Waals surface area contributed by atoms with Crippen LogP contribution in [0, 0.1) is 5.92 Å². The van der Waals surface area contributed by atoms with Gasteiger partial charge in [0.25, 0.3) is 0 Å². The first-order valence-electron chi connectivity index (χ1n) is 4.70. The van der Waals surface area contributed by atoms with Crippen molar-refractivity contribution in [3.8, 4) is 0 Å². The molecule has 0 radical (unpaired) electrons. The quantitative estimate of drug-likeness (QED) is 0.544. The number of methoxy groups -OCH3 is 2. The van der Waals surface area contributed by atoms with Crippen molar-refractivity contribution in [2.75, 3.05) is 14.2 Å². The molecule has 2 aliphatic rings. The Labute approximate surface area is 87.6 Å². The first-order valence-corrected chi connectivity index (χ1v) is 4.70. The van der Waals surface area contributed by atoms with E-state index in [4.69, 9.17) is 14.2 Å². The van der Waals surface area contributed by atoms with Gasteiger partial charge in [-0.3, -0.25) is 4.79 Å². The third-order valence-electron chi connectivity index (χ3n) is 3.24. The van der Waals surface area contributed by atoms with Crippen molar-refractivity contribution < 1.29 is 24.1 Å². The lowest BCUT2D eigenvalue weighted by Gasteiger charge is -2.36. The monoisotopic (exact) mass is 214 g/mol. The second-order valence-corrected chi connectivity index (χ2v) is 3.98. The number of ether oxygens (including phenoxy) is 3. The summed E-state index contributed by atoms with van der Waals surface area (Å²) < 4.78 is 16.1. The van der Waals surface area contributed by atoms with Crippen LogP contribution in [0.2, 0.25) is 0 Å². The molecule has 15 heavy (non-hydrogen) atoms. The van der Waals surface area contributed by atoms with Crippen molar-refractivity contribution in [1.29, 1.82) is 0 Å². The lowest BCUT2D eigenvalue weighted by atomic mass is 9.79. The normalized spacial score (nSPS) is 41.0.